The lowest BCUT2D eigenvalue weighted by Crippen LogP contribution is -2.01. The Hall–Kier alpha value is -3.41. The second-order valence-corrected chi connectivity index (χ2v) is 4.94. The van der Waals surface area contributed by atoms with Gasteiger partial charge in [0.1, 0.15) is 5.56 Å². The minimum Gasteiger partial charge on any atom is -0.465 e. The minimum absolute atomic E-state index is 0.332. The third kappa shape index (κ3) is 3.17. The van der Waals surface area contributed by atoms with E-state index in [-0.39, 0.29) is 0 Å². The normalized spacial score (nSPS) is 10.9. The molecule has 0 saturated carbocycles. The Morgan fingerprint density at radius 2 is 1.83 bits per heavy atom. The molecule has 0 fully saturated rings. The van der Waals surface area contributed by atoms with Gasteiger partial charge in [-0.2, -0.15) is 0 Å². The minimum atomic E-state index is -0.496. The summed E-state index contributed by atoms with van der Waals surface area (Å²) in [5, 5.41) is 2.62. The highest BCUT2D eigenvalue weighted by molar-refractivity contribution is 5.91. The van der Waals surface area contributed by atoms with Crippen molar-refractivity contribution in [3.8, 4) is 11.3 Å². The third-order valence-corrected chi connectivity index (χ3v) is 3.43. The van der Waals surface area contributed by atoms with Gasteiger partial charge in [-0.3, -0.25) is 4.99 Å². The first-order chi connectivity index (χ1) is 11.7. The quantitative estimate of drug-likeness (QED) is 0.590. The summed E-state index contributed by atoms with van der Waals surface area (Å²) in [6.07, 6.45) is 1.44. The maximum absolute atomic E-state index is 11.9. The van der Waals surface area contributed by atoms with Crippen molar-refractivity contribution in [2.75, 3.05) is 7.11 Å². The number of aliphatic imine (C=N–C) groups is 1. The van der Waals surface area contributed by atoms with Gasteiger partial charge < -0.3 is 9.26 Å². The summed E-state index contributed by atoms with van der Waals surface area (Å²) in [6.45, 7) is 0. The van der Waals surface area contributed by atoms with Crippen LogP contribution >= 0.6 is 0 Å². The van der Waals surface area contributed by atoms with E-state index in [2.05, 4.69) is 14.9 Å². The highest BCUT2D eigenvalue weighted by Crippen LogP contribution is 2.19. The molecule has 0 spiro atoms. The Kier molecular flexibility index (Phi) is 4.38. The van der Waals surface area contributed by atoms with E-state index in [0.717, 1.165) is 5.56 Å². The smallest absolute Gasteiger partial charge is 0.366 e. The number of rotatable bonds is 4. The van der Waals surface area contributed by atoms with Crippen molar-refractivity contribution in [3.05, 3.63) is 76.1 Å². The molecule has 0 radical (unpaired) electrons. The number of methoxy groups -OCH3 is 1. The Labute approximate surface area is 137 Å². The number of hydrogen-bond donors (Lipinski definition) is 1. The van der Waals surface area contributed by atoms with E-state index < -0.39 is 11.6 Å². The van der Waals surface area contributed by atoms with Gasteiger partial charge in [0.05, 0.1) is 24.1 Å². The molecule has 3 rings (SSSR count). The summed E-state index contributed by atoms with van der Waals surface area (Å²) >= 11 is 0. The number of benzene rings is 2. The van der Waals surface area contributed by atoms with Crippen LogP contribution in [0.1, 0.15) is 15.9 Å². The molecule has 0 saturated heterocycles. The Morgan fingerprint density at radius 1 is 1.12 bits per heavy atom. The Bertz CT molecular complexity index is 922. The number of esters is 1. The number of H-pyrrole nitrogens is 1. The number of carbonyl (C=O) groups excluding carboxylic acids is 1. The van der Waals surface area contributed by atoms with E-state index in [1.165, 1.54) is 13.3 Å². The summed E-state index contributed by atoms with van der Waals surface area (Å²) in [5.74, 6) is -0.414. The van der Waals surface area contributed by atoms with E-state index in [4.69, 9.17) is 4.52 Å². The maximum Gasteiger partial charge on any atom is 0.366 e. The molecule has 2 aromatic carbocycles. The molecule has 1 heterocycles. The predicted molar refractivity (Wildman–Crippen MR) is 89.8 cm³/mol. The van der Waals surface area contributed by atoms with Crippen LogP contribution in [0.4, 0.5) is 5.69 Å². The lowest BCUT2D eigenvalue weighted by molar-refractivity contribution is 0.0601. The van der Waals surface area contributed by atoms with Crippen molar-refractivity contribution < 1.29 is 14.1 Å². The van der Waals surface area contributed by atoms with Crippen LogP contribution in [-0.4, -0.2) is 24.5 Å². The van der Waals surface area contributed by atoms with Gasteiger partial charge in [-0.1, -0.05) is 30.3 Å². The van der Waals surface area contributed by atoms with Crippen LogP contribution in [0.2, 0.25) is 0 Å². The van der Waals surface area contributed by atoms with E-state index >= 15 is 0 Å². The zero-order valence-electron chi connectivity index (χ0n) is 12.9. The first kappa shape index (κ1) is 15.5. The Morgan fingerprint density at radius 3 is 2.50 bits per heavy atom. The fourth-order valence-corrected chi connectivity index (χ4v) is 2.19. The molecule has 1 aromatic heterocycles. The van der Waals surface area contributed by atoms with Gasteiger partial charge in [-0.05, 0) is 24.3 Å². The largest absolute Gasteiger partial charge is 0.465 e. The van der Waals surface area contributed by atoms with E-state index in [9.17, 15) is 9.59 Å². The zero-order chi connectivity index (χ0) is 16.9. The summed E-state index contributed by atoms with van der Waals surface area (Å²) in [7, 11) is 1.32. The average molecular weight is 322 g/mol. The van der Waals surface area contributed by atoms with Gasteiger partial charge in [0.25, 0.3) is 0 Å². The fourth-order valence-electron chi connectivity index (χ4n) is 2.19. The van der Waals surface area contributed by atoms with Crippen molar-refractivity contribution in [3.63, 3.8) is 0 Å². The van der Waals surface area contributed by atoms with Crippen LogP contribution in [0.25, 0.3) is 11.3 Å². The number of carbonyl (C=O) groups is 1. The molecule has 24 heavy (non-hydrogen) atoms. The second kappa shape index (κ2) is 6.78. The van der Waals surface area contributed by atoms with Crippen LogP contribution in [0.3, 0.4) is 0 Å². The van der Waals surface area contributed by atoms with Gasteiger partial charge in [0.15, 0.2) is 0 Å². The fraction of sp³-hybridized carbons (Fsp3) is 0.0556. The van der Waals surface area contributed by atoms with Gasteiger partial charge in [0.2, 0.25) is 0 Å². The predicted octanol–water partition coefficient (Wildman–Crippen LogP) is 3.17. The van der Waals surface area contributed by atoms with Crippen LogP contribution in [0.15, 0.2) is 68.9 Å². The molecule has 1 N–H and O–H groups in total. The SMILES string of the molecule is COC(=O)c1ccc(N=Cc2c(-c3ccccc3)[nH]oc2=O)cc1. The first-order valence-corrected chi connectivity index (χ1v) is 7.18. The molecule has 0 aliphatic heterocycles. The number of aromatic amines is 1. The van der Waals surface area contributed by atoms with Crippen molar-refractivity contribution in [1.82, 2.24) is 5.16 Å². The number of nitrogens with one attached hydrogen (secondary N) is 1. The molecule has 0 atom stereocenters. The second-order valence-electron chi connectivity index (χ2n) is 4.94. The highest BCUT2D eigenvalue weighted by Gasteiger charge is 2.11. The summed E-state index contributed by atoms with van der Waals surface area (Å²) < 4.78 is 9.51. The monoisotopic (exact) mass is 322 g/mol. The highest BCUT2D eigenvalue weighted by atomic mass is 16.5. The molecular formula is C18H14N2O4. The van der Waals surface area contributed by atoms with Gasteiger partial charge in [-0.15, -0.1) is 0 Å². The molecule has 3 aromatic rings. The van der Waals surface area contributed by atoms with E-state index in [1.54, 1.807) is 24.3 Å². The van der Waals surface area contributed by atoms with Crippen LogP contribution in [0, 0.1) is 0 Å². The lowest BCUT2D eigenvalue weighted by atomic mass is 10.1. The molecular weight excluding hydrogens is 308 g/mol. The molecule has 0 amide bonds. The van der Waals surface area contributed by atoms with Crippen LogP contribution < -0.4 is 5.63 Å². The van der Waals surface area contributed by atoms with Crippen molar-refractivity contribution >= 4 is 17.9 Å². The van der Waals surface area contributed by atoms with Gasteiger partial charge >= 0.3 is 11.6 Å². The molecule has 0 unspecified atom stereocenters. The third-order valence-electron chi connectivity index (χ3n) is 3.43. The Balaban J connectivity index is 1.89. The molecule has 0 aliphatic rings. The standard InChI is InChI=1S/C18H14N2O4/c1-23-17(21)13-7-9-14(10-8-13)19-11-15-16(20-24-18(15)22)12-5-3-2-4-6-12/h2-11,20H,1H3. The van der Waals surface area contributed by atoms with Gasteiger partial charge in [0, 0.05) is 11.8 Å². The summed E-state index contributed by atoms with van der Waals surface area (Å²) in [6, 6.07) is 15.9. The summed E-state index contributed by atoms with van der Waals surface area (Å²) in [4.78, 5) is 27.5. The van der Waals surface area contributed by atoms with Crippen LogP contribution in [0.5, 0.6) is 0 Å². The van der Waals surface area contributed by atoms with Crippen molar-refractivity contribution in [2.24, 2.45) is 4.99 Å². The van der Waals surface area contributed by atoms with Crippen molar-refractivity contribution in [2.45, 2.75) is 0 Å². The number of hydrogen-bond acceptors (Lipinski definition) is 5. The molecule has 120 valence electrons. The molecule has 6 heteroatoms. The zero-order valence-corrected chi connectivity index (χ0v) is 12.9. The number of ether oxygens (including phenoxy) is 1. The van der Waals surface area contributed by atoms with Crippen molar-refractivity contribution in [1.29, 1.82) is 0 Å². The number of aromatic nitrogens is 1. The first-order valence-electron chi connectivity index (χ1n) is 7.18. The van der Waals surface area contributed by atoms with Crippen LogP contribution in [-0.2, 0) is 4.74 Å². The molecule has 0 bridgehead atoms. The molecule has 6 nitrogen and oxygen atoms in total. The molecule has 0 aliphatic carbocycles. The lowest BCUT2D eigenvalue weighted by Gasteiger charge is -1.99. The summed E-state index contributed by atoms with van der Waals surface area (Å²) in [5.41, 5.74) is 2.26. The number of nitrogens with zero attached hydrogens (tertiary/aromatic N) is 1. The van der Waals surface area contributed by atoms with E-state index in [1.807, 2.05) is 30.3 Å². The topological polar surface area (TPSA) is 84.7 Å². The van der Waals surface area contributed by atoms with Gasteiger partial charge in [-0.25, -0.2) is 14.7 Å². The van der Waals surface area contributed by atoms with E-state index in [0.29, 0.717) is 22.5 Å². The average Bonchev–Trinajstić information content (AvgIpc) is 3.01. The maximum atomic E-state index is 11.9.